The fourth-order valence-electron chi connectivity index (χ4n) is 3.74. The third-order valence-electron chi connectivity index (χ3n) is 5.45. The molecule has 8 nitrogen and oxygen atoms in total. The fourth-order valence-corrected chi connectivity index (χ4v) is 3.74. The number of ether oxygens (including phenoxy) is 1. The van der Waals surface area contributed by atoms with Crippen molar-refractivity contribution in [3.63, 3.8) is 0 Å². The number of anilines is 1. The Bertz CT molecular complexity index is 1360. The summed E-state index contributed by atoms with van der Waals surface area (Å²) in [4.78, 5) is 29.9. The van der Waals surface area contributed by atoms with Crippen molar-refractivity contribution >= 4 is 28.5 Å². The van der Waals surface area contributed by atoms with Crippen LogP contribution in [0.15, 0.2) is 54.6 Å². The summed E-state index contributed by atoms with van der Waals surface area (Å²) in [6.45, 7) is 6.03. The van der Waals surface area contributed by atoms with Gasteiger partial charge in [0.2, 0.25) is 5.88 Å². The molecule has 4 rings (SSSR count). The van der Waals surface area contributed by atoms with Gasteiger partial charge in [-0.2, -0.15) is 0 Å². The lowest BCUT2D eigenvalue weighted by Gasteiger charge is -2.12. The Morgan fingerprint density at radius 3 is 2.53 bits per heavy atom. The van der Waals surface area contributed by atoms with Gasteiger partial charge in [-0.25, -0.2) is 9.67 Å². The number of nitrogens with zero attached hydrogens (tertiary/aromatic N) is 3. The standard InChI is InChI=1S/C26H27N5O3/c1-16-9-11-19(12-10-16)14-27-25(33)20-7-5-6-8-21(20)29-22(32)15-34-26-23-17(2)13-18(3)28-24(23)31(4)30-26/h5-13H,14-15H2,1-4H3,(H,27,33)(H,29,32). The zero-order valence-corrected chi connectivity index (χ0v) is 19.7. The number of para-hydroxylation sites is 1. The van der Waals surface area contributed by atoms with Crippen molar-refractivity contribution in [2.24, 2.45) is 7.05 Å². The Balaban J connectivity index is 1.42. The second-order valence-corrected chi connectivity index (χ2v) is 8.26. The Morgan fingerprint density at radius 2 is 1.76 bits per heavy atom. The molecule has 2 aromatic carbocycles. The molecule has 8 heteroatoms. The molecule has 0 aliphatic rings. The Hall–Kier alpha value is -4.20. The number of carbonyl (C=O) groups excluding carboxylic acids is 2. The van der Waals surface area contributed by atoms with Gasteiger partial charge in [-0.15, -0.1) is 5.10 Å². The number of hydrogen-bond donors (Lipinski definition) is 2. The van der Waals surface area contributed by atoms with E-state index in [1.807, 2.05) is 51.1 Å². The monoisotopic (exact) mass is 457 g/mol. The van der Waals surface area contributed by atoms with E-state index in [4.69, 9.17) is 4.74 Å². The molecule has 0 spiro atoms. The first-order valence-electron chi connectivity index (χ1n) is 11.0. The lowest BCUT2D eigenvalue weighted by atomic mass is 10.1. The molecule has 2 heterocycles. The molecule has 0 bridgehead atoms. The molecule has 0 radical (unpaired) electrons. The number of pyridine rings is 1. The predicted octanol–water partition coefficient (Wildman–Crippen LogP) is 3.84. The summed E-state index contributed by atoms with van der Waals surface area (Å²) in [5, 5.41) is 10.8. The largest absolute Gasteiger partial charge is 0.466 e. The number of amides is 2. The molecule has 2 N–H and O–H groups in total. The average molecular weight is 458 g/mol. The third kappa shape index (κ3) is 5.06. The number of aromatic nitrogens is 3. The maximum atomic E-state index is 12.8. The van der Waals surface area contributed by atoms with Gasteiger partial charge in [-0.1, -0.05) is 42.0 Å². The normalized spacial score (nSPS) is 10.8. The van der Waals surface area contributed by atoms with Crippen molar-refractivity contribution < 1.29 is 14.3 Å². The van der Waals surface area contributed by atoms with Crippen LogP contribution in [-0.2, 0) is 18.4 Å². The lowest BCUT2D eigenvalue weighted by molar-refractivity contribution is -0.118. The van der Waals surface area contributed by atoms with Gasteiger partial charge < -0.3 is 15.4 Å². The van der Waals surface area contributed by atoms with Crippen LogP contribution in [0.2, 0.25) is 0 Å². The minimum atomic E-state index is -0.393. The maximum absolute atomic E-state index is 12.8. The zero-order valence-electron chi connectivity index (χ0n) is 19.7. The van der Waals surface area contributed by atoms with Gasteiger partial charge in [-0.3, -0.25) is 9.59 Å². The van der Waals surface area contributed by atoms with Crippen molar-refractivity contribution in [3.8, 4) is 5.88 Å². The highest BCUT2D eigenvalue weighted by Gasteiger charge is 2.17. The Kier molecular flexibility index (Phi) is 6.58. The number of rotatable bonds is 7. The molecule has 174 valence electrons. The van der Waals surface area contributed by atoms with Crippen molar-refractivity contribution in [2.75, 3.05) is 11.9 Å². The quantitative estimate of drug-likeness (QED) is 0.439. The van der Waals surface area contributed by atoms with Gasteiger partial charge in [-0.05, 0) is 50.1 Å². The van der Waals surface area contributed by atoms with Crippen LogP contribution < -0.4 is 15.4 Å². The number of aryl methyl sites for hydroxylation is 4. The van der Waals surface area contributed by atoms with Crippen LogP contribution in [0.5, 0.6) is 5.88 Å². The van der Waals surface area contributed by atoms with E-state index in [-0.39, 0.29) is 12.5 Å². The smallest absolute Gasteiger partial charge is 0.262 e. The molecule has 0 atom stereocenters. The first-order valence-corrected chi connectivity index (χ1v) is 11.0. The van der Waals surface area contributed by atoms with Gasteiger partial charge in [0, 0.05) is 19.3 Å². The minimum absolute atomic E-state index is 0.251. The second kappa shape index (κ2) is 9.74. The summed E-state index contributed by atoms with van der Waals surface area (Å²) in [5.41, 5.74) is 5.50. The number of benzene rings is 2. The molecule has 0 aliphatic carbocycles. The molecule has 2 aromatic heterocycles. The molecule has 0 saturated carbocycles. The van der Waals surface area contributed by atoms with E-state index < -0.39 is 5.91 Å². The lowest BCUT2D eigenvalue weighted by Crippen LogP contribution is -2.26. The van der Waals surface area contributed by atoms with E-state index in [0.29, 0.717) is 29.3 Å². The summed E-state index contributed by atoms with van der Waals surface area (Å²) in [6, 6.07) is 16.8. The van der Waals surface area contributed by atoms with Crippen molar-refractivity contribution in [1.82, 2.24) is 20.1 Å². The van der Waals surface area contributed by atoms with Crippen LogP contribution in [0.4, 0.5) is 5.69 Å². The highest BCUT2D eigenvalue weighted by atomic mass is 16.5. The average Bonchev–Trinajstić information content (AvgIpc) is 3.13. The molecule has 2 amide bonds. The topological polar surface area (TPSA) is 98.1 Å². The predicted molar refractivity (Wildman–Crippen MR) is 131 cm³/mol. The summed E-state index contributed by atoms with van der Waals surface area (Å²) in [5.74, 6) is -0.317. The minimum Gasteiger partial charge on any atom is -0.466 e. The molecular formula is C26H27N5O3. The van der Waals surface area contributed by atoms with E-state index >= 15 is 0 Å². The summed E-state index contributed by atoms with van der Waals surface area (Å²) >= 11 is 0. The number of carbonyl (C=O) groups is 2. The van der Waals surface area contributed by atoms with Gasteiger partial charge in [0.1, 0.15) is 0 Å². The third-order valence-corrected chi connectivity index (χ3v) is 5.45. The number of hydrogen-bond acceptors (Lipinski definition) is 5. The second-order valence-electron chi connectivity index (χ2n) is 8.26. The van der Waals surface area contributed by atoms with Crippen LogP contribution in [-0.4, -0.2) is 33.2 Å². The first-order chi connectivity index (χ1) is 16.3. The van der Waals surface area contributed by atoms with E-state index in [1.165, 1.54) is 0 Å². The van der Waals surface area contributed by atoms with Gasteiger partial charge in [0.25, 0.3) is 11.8 Å². The number of nitrogens with one attached hydrogen (secondary N) is 2. The first kappa shape index (κ1) is 23.0. The molecule has 4 aromatic rings. The van der Waals surface area contributed by atoms with Crippen LogP contribution >= 0.6 is 0 Å². The van der Waals surface area contributed by atoms with E-state index in [2.05, 4.69) is 20.7 Å². The molecule has 0 unspecified atom stereocenters. The molecular weight excluding hydrogens is 430 g/mol. The summed E-state index contributed by atoms with van der Waals surface area (Å²) < 4.78 is 7.36. The van der Waals surface area contributed by atoms with Crippen LogP contribution in [0, 0.1) is 20.8 Å². The Labute approximate surface area is 198 Å². The van der Waals surface area contributed by atoms with E-state index in [0.717, 1.165) is 27.8 Å². The molecule has 0 aliphatic heterocycles. The SMILES string of the molecule is Cc1ccc(CNC(=O)c2ccccc2NC(=O)COc2nn(C)c3nc(C)cc(C)c23)cc1. The van der Waals surface area contributed by atoms with Crippen LogP contribution in [0.25, 0.3) is 11.0 Å². The van der Waals surface area contributed by atoms with Crippen molar-refractivity contribution in [3.05, 3.63) is 82.5 Å². The molecule has 0 fully saturated rings. The van der Waals surface area contributed by atoms with Gasteiger partial charge >= 0.3 is 0 Å². The summed E-state index contributed by atoms with van der Waals surface area (Å²) in [6.07, 6.45) is 0. The van der Waals surface area contributed by atoms with Crippen molar-refractivity contribution in [1.29, 1.82) is 0 Å². The summed E-state index contributed by atoms with van der Waals surface area (Å²) in [7, 11) is 1.78. The van der Waals surface area contributed by atoms with E-state index in [1.54, 1.807) is 36.0 Å². The van der Waals surface area contributed by atoms with Gasteiger partial charge in [0.15, 0.2) is 12.3 Å². The van der Waals surface area contributed by atoms with Crippen molar-refractivity contribution in [2.45, 2.75) is 27.3 Å². The van der Waals surface area contributed by atoms with Crippen LogP contribution in [0.1, 0.15) is 32.7 Å². The Morgan fingerprint density at radius 1 is 1.03 bits per heavy atom. The highest BCUT2D eigenvalue weighted by molar-refractivity contribution is 6.04. The maximum Gasteiger partial charge on any atom is 0.262 e. The van der Waals surface area contributed by atoms with E-state index in [9.17, 15) is 9.59 Å². The number of fused-ring (bicyclic) bond motifs is 1. The highest BCUT2D eigenvalue weighted by Crippen LogP contribution is 2.27. The van der Waals surface area contributed by atoms with Crippen LogP contribution in [0.3, 0.4) is 0 Å². The fraction of sp³-hybridized carbons (Fsp3) is 0.231. The van der Waals surface area contributed by atoms with Gasteiger partial charge in [0.05, 0.1) is 16.6 Å². The zero-order chi connectivity index (χ0) is 24.2. The molecule has 0 saturated heterocycles. The molecule has 34 heavy (non-hydrogen) atoms.